The molecular formula is C29H28F2N6O4S. The van der Waals surface area contributed by atoms with E-state index in [1.54, 1.807) is 16.7 Å². The monoisotopic (exact) mass is 594 g/mol. The molecule has 1 aliphatic rings. The van der Waals surface area contributed by atoms with E-state index in [0.29, 0.717) is 5.56 Å². The van der Waals surface area contributed by atoms with Crippen molar-refractivity contribution < 1.29 is 22.0 Å². The molecule has 13 heteroatoms. The Morgan fingerprint density at radius 3 is 2.36 bits per heavy atom. The van der Waals surface area contributed by atoms with Gasteiger partial charge in [-0.05, 0) is 56.7 Å². The number of nitrogens with zero attached hydrogens (tertiary/aromatic N) is 6. The van der Waals surface area contributed by atoms with Crippen molar-refractivity contribution in [3.8, 4) is 16.9 Å². The molecule has 0 aliphatic carbocycles. The molecule has 2 atom stereocenters. The molecule has 218 valence electrons. The van der Waals surface area contributed by atoms with E-state index in [2.05, 4.69) is 21.5 Å². The fourth-order valence-electron chi connectivity index (χ4n) is 5.46. The van der Waals surface area contributed by atoms with E-state index in [4.69, 9.17) is 0 Å². The Bertz CT molecular complexity index is 1920. The molecule has 3 aromatic heterocycles. The minimum absolute atomic E-state index is 0.0878. The van der Waals surface area contributed by atoms with Gasteiger partial charge in [-0.1, -0.05) is 18.7 Å². The number of aromatic nitrogens is 4. The van der Waals surface area contributed by atoms with Crippen LogP contribution in [0.15, 0.2) is 65.1 Å². The van der Waals surface area contributed by atoms with Crippen LogP contribution < -0.4 is 10.6 Å². The van der Waals surface area contributed by atoms with Gasteiger partial charge < -0.3 is 9.80 Å². The van der Waals surface area contributed by atoms with Gasteiger partial charge in [0, 0.05) is 43.2 Å². The Kier molecular flexibility index (Phi) is 7.39. The molecule has 0 bridgehead atoms. The fraction of sp³-hybridized carbons (Fsp3) is 0.276. The molecule has 10 nitrogen and oxygen atoms in total. The maximum Gasteiger partial charge on any atom is 0.355 e. The molecule has 0 unspecified atom stereocenters. The van der Waals surface area contributed by atoms with Crippen LogP contribution in [0.1, 0.15) is 19.4 Å². The summed E-state index contributed by atoms with van der Waals surface area (Å²) in [6, 6.07) is 7.42. The zero-order valence-electron chi connectivity index (χ0n) is 23.4. The number of rotatable bonds is 5. The number of hydrogen-bond donors (Lipinski definition) is 0. The van der Waals surface area contributed by atoms with Crippen LogP contribution in [0, 0.1) is 18.6 Å². The van der Waals surface area contributed by atoms with Crippen LogP contribution in [0.3, 0.4) is 0 Å². The number of pyridine rings is 2. The van der Waals surface area contributed by atoms with Crippen LogP contribution in [-0.2, 0) is 14.6 Å². The molecule has 1 saturated heterocycles. The Balaban J connectivity index is 1.87. The van der Waals surface area contributed by atoms with Crippen molar-refractivity contribution in [2.45, 2.75) is 37.9 Å². The standard InChI is InChI=1S/C29H28F2N6O4S/c1-6-23(38)35-14-17(3)36(18(4)15-35)27-20-13-22(31)24(19-9-7-8-10-21(19)30)33-26(20)37(29(39)34-27)25-16(2)11-12-32-28(25)42(5,40)41/h6-13,17-18H,1,14-15H2,2-5H3/t17-,18-/m0/s1. The van der Waals surface area contributed by atoms with Gasteiger partial charge in [0.05, 0.1) is 11.1 Å². The highest BCUT2D eigenvalue weighted by molar-refractivity contribution is 7.90. The van der Waals surface area contributed by atoms with Gasteiger partial charge in [0.1, 0.15) is 23.1 Å². The lowest BCUT2D eigenvalue weighted by atomic mass is 10.1. The minimum atomic E-state index is -3.95. The minimum Gasteiger partial charge on any atom is -0.347 e. The van der Waals surface area contributed by atoms with Crippen LogP contribution in [0.2, 0.25) is 0 Å². The number of carbonyl (C=O) groups is 1. The Morgan fingerprint density at radius 2 is 1.74 bits per heavy atom. The van der Waals surface area contributed by atoms with E-state index >= 15 is 4.39 Å². The highest BCUT2D eigenvalue weighted by Gasteiger charge is 2.35. The summed E-state index contributed by atoms with van der Waals surface area (Å²) in [5.74, 6) is -1.74. The zero-order chi connectivity index (χ0) is 30.5. The fourth-order valence-corrected chi connectivity index (χ4v) is 6.32. The lowest BCUT2D eigenvalue weighted by Gasteiger charge is -2.45. The number of carbonyl (C=O) groups excluding carboxylic acids is 1. The van der Waals surface area contributed by atoms with E-state index in [9.17, 15) is 22.4 Å². The molecule has 0 saturated carbocycles. The Morgan fingerprint density at radius 1 is 1.07 bits per heavy atom. The van der Waals surface area contributed by atoms with Gasteiger partial charge in [0.25, 0.3) is 0 Å². The van der Waals surface area contributed by atoms with Crippen LogP contribution in [0.25, 0.3) is 28.0 Å². The largest absolute Gasteiger partial charge is 0.355 e. The van der Waals surface area contributed by atoms with E-state index < -0.39 is 32.2 Å². The summed E-state index contributed by atoms with van der Waals surface area (Å²) in [5.41, 5.74) is -1.24. The van der Waals surface area contributed by atoms with Gasteiger partial charge in [-0.15, -0.1) is 0 Å². The summed E-state index contributed by atoms with van der Waals surface area (Å²) in [5, 5.41) is -0.297. The number of piperazine rings is 1. The van der Waals surface area contributed by atoms with Crippen molar-refractivity contribution in [3.63, 3.8) is 0 Å². The first-order valence-corrected chi connectivity index (χ1v) is 15.0. The van der Waals surface area contributed by atoms with Crippen LogP contribution in [0.5, 0.6) is 0 Å². The van der Waals surface area contributed by atoms with Crippen molar-refractivity contribution >= 4 is 32.6 Å². The van der Waals surface area contributed by atoms with Crippen LogP contribution in [-0.4, -0.2) is 70.2 Å². The first-order valence-electron chi connectivity index (χ1n) is 13.1. The average Bonchev–Trinajstić information content (AvgIpc) is 2.92. The predicted molar refractivity (Wildman–Crippen MR) is 154 cm³/mol. The van der Waals surface area contributed by atoms with Crippen molar-refractivity contribution in [3.05, 3.63) is 82.9 Å². The molecule has 1 amide bonds. The van der Waals surface area contributed by atoms with Crippen molar-refractivity contribution in [1.29, 1.82) is 0 Å². The summed E-state index contributed by atoms with van der Waals surface area (Å²) in [4.78, 5) is 42.4. The summed E-state index contributed by atoms with van der Waals surface area (Å²) in [7, 11) is -3.95. The van der Waals surface area contributed by atoms with Gasteiger partial charge in [0.2, 0.25) is 5.91 Å². The SMILES string of the molecule is C=CC(=O)N1C[C@H](C)N(c2nc(=O)n(-c3c(C)ccnc3S(C)(=O)=O)c3nc(-c4ccccc4F)c(F)cc23)[C@@H](C)C1. The Hall–Kier alpha value is -4.52. The van der Waals surface area contributed by atoms with Gasteiger partial charge >= 0.3 is 5.69 Å². The highest BCUT2D eigenvalue weighted by atomic mass is 32.2. The molecule has 0 N–H and O–H groups in total. The van der Waals surface area contributed by atoms with Gasteiger partial charge in [0.15, 0.2) is 20.5 Å². The third kappa shape index (κ3) is 4.93. The number of benzene rings is 1. The number of aryl methyl sites for hydroxylation is 1. The van der Waals surface area contributed by atoms with E-state index in [1.807, 2.05) is 13.8 Å². The maximum atomic E-state index is 15.8. The second-order valence-electron chi connectivity index (χ2n) is 10.3. The topological polar surface area (TPSA) is 118 Å². The van der Waals surface area contributed by atoms with Gasteiger partial charge in [-0.25, -0.2) is 36.5 Å². The van der Waals surface area contributed by atoms with Crippen molar-refractivity contribution in [1.82, 2.24) is 24.4 Å². The number of anilines is 1. The van der Waals surface area contributed by atoms with Crippen LogP contribution >= 0.6 is 0 Å². The summed E-state index contributed by atoms with van der Waals surface area (Å²) in [6.07, 6.45) is 3.48. The van der Waals surface area contributed by atoms with E-state index in [1.165, 1.54) is 36.5 Å². The van der Waals surface area contributed by atoms with Gasteiger partial charge in [-0.2, -0.15) is 4.98 Å². The average molecular weight is 595 g/mol. The molecular weight excluding hydrogens is 566 g/mol. The molecule has 5 rings (SSSR count). The second-order valence-corrected chi connectivity index (χ2v) is 12.3. The molecule has 4 aromatic rings. The number of halogens is 2. The number of fused-ring (bicyclic) bond motifs is 1. The van der Waals surface area contributed by atoms with Crippen molar-refractivity contribution in [2.24, 2.45) is 0 Å². The predicted octanol–water partition coefficient (Wildman–Crippen LogP) is 3.44. The maximum absolute atomic E-state index is 15.8. The molecule has 4 heterocycles. The first-order chi connectivity index (χ1) is 19.8. The van der Waals surface area contributed by atoms with Crippen LogP contribution in [0.4, 0.5) is 14.6 Å². The summed E-state index contributed by atoms with van der Waals surface area (Å²) >= 11 is 0. The van der Waals surface area contributed by atoms with Crippen molar-refractivity contribution in [2.75, 3.05) is 24.2 Å². The van der Waals surface area contributed by atoms with Gasteiger partial charge in [-0.3, -0.25) is 4.79 Å². The lowest BCUT2D eigenvalue weighted by molar-refractivity contribution is -0.127. The lowest BCUT2D eigenvalue weighted by Crippen LogP contribution is -2.58. The smallest absolute Gasteiger partial charge is 0.347 e. The molecule has 42 heavy (non-hydrogen) atoms. The quantitative estimate of drug-likeness (QED) is 0.323. The van der Waals surface area contributed by atoms with E-state index in [-0.39, 0.29) is 64.9 Å². The Labute approximate surface area is 240 Å². The third-order valence-corrected chi connectivity index (χ3v) is 8.25. The first kappa shape index (κ1) is 29.0. The number of amides is 1. The number of sulfone groups is 1. The molecule has 1 aromatic carbocycles. The summed E-state index contributed by atoms with van der Waals surface area (Å²) < 4.78 is 57.1. The molecule has 0 spiro atoms. The number of hydrogen-bond acceptors (Lipinski definition) is 8. The second kappa shape index (κ2) is 10.7. The summed E-state index contributed by atoms with van der Waals surface area (Å²) in [6.45, 7) is 9.38. The van der Waals surface area contributed by atoms with E-state index in [0.717, 1.165) is 23.0 Å². The zero-order valence-corrected chi connectivity index (χ0v) is 24.2. The molecule has 1 fully saturated rings. The molecule has 0 radical (unpaired) electrons. The highest BCUT2D eigenvalue weighted by Crippen LogP contribution is 2.34. The normalized spacial score (nSPS) is 17.5. The third-order valence-electron chi connectivity index (χ3n) is 7.25. The molecule has 1 aliphatic heterocycles.